The molecule has 0 aliphatic carbocycles. The molecular weight excluding hydrogens is 386 g/mol. The highest BCUT2D eigenvalue weighted by molar-refractivity contribution is 5.89. The van der Waals surface area contributed by atoms with Crippen LogP contribution in [0.1, 0.15) is 22.6 Å². The first-order valence-electron chi connectivity index (χ1n) is 10.4. The summed E-state index contributed by atoms with van der Waals surface area (Å²) < 4.78 is 5.34. The fourth-order valence-electron chi connectivity index (χ4n) is 4.16. The molecule has 0 fully saturated rings. The number of ether oxygens (including phenoxy) is 1. The molecule has 0 unspecified atom stereocenters. The van der Waals surface area contributed by atoms with Gasteiger partial charge in [-0.15, -0.1) is 0 Å². The summed E-state index contributed by atoms with van der Waals surface area (Å²) in [6.07, 6.45) is 0.839. The van der Waals surface area contributed by atoms with E-state index < -0.39 is 5.92 Å². The van der Waals surface area contributed by atoms with Crippen molar-refractivity contribution in [1.29, 1.82) is 0 Å². The third-order valence-electron chi connectivity index (χ3n) is 5.71. The van der Waals surface area contributed by atoms with Crippen LogP contribution in [0.5, 0.6) is 5.75 Å². The van der Waals surface area contributed by atoms with Gasteiger partial charge in [0.1, 0.15) is 5.75 Å². The molecule has 1 N–H and O–H groups in total. The maximum Gasteiger partial charge on any atom is 0.250 e. The Morgan fingerprint density at radius 3 is 2.29 bits per heavy atom. The highest BCUT2D eigenvalue weighted by atomic mass is 16.5. The molecule has 0 bridgehead atoms. The molecular formula is C26H23N3O2. The zero-order valence-corrected chi connectivity index (χ0v) is 17.3. The molecule has 0 saturated carbocycles. The fraction of sp³-hybridized carbons (Fsp3) is 0.154. The van der Waals surface area contributed by atoms with Crippen LogP contribution in [-0.4, -0.2) is 24.5 Å². The SMILES string of the molecule is COc1ccc2cc3c(nc2c1)N(NC(=O)C(c1ccccc1)c1ccccc1)CC3. The van der Waals surface area contributed by atoms with Gasteiger partial charge in [0.15, 0.2) is 5.82 Å². The lowest BCUT2D eigenvalue weighted by molar-refractivity contribution is -0.121. The number of anilines is 1. The van der Waals surface area contributed by atoms with Gasteiger partial charge in [0.2, 0.25) is 0 Å². The summed E-state index contributed by atoms with van der Waals surface area (Å²) in [6.45, 7) is 0.692. The number of nitrogens with zero attached hydrogens (tertiary/aromatic N) is 2. The summed E-state index contributed by atoms with van der Waals surface area (Å²) >= 11 is 0. The minimum atomic E-state index is -0.396. The van der Waals surface area contributed by atoms with E-state index in [1.54, 1.807) is 7.11 Å². The molecule has 3 aromatic carbocycles. The zero-order chi connectivity index (χ0) is 21.2. The molecule has 2 heterocycles. The van der Waals surface area contributed by atoms with Crippen molar-refractivity contribution in [3.8, 4) is 5.75 Å². The molecule has 5 nitrogen and oxygen atoms in total. The van der Waals surface area contributed by atoms with Gasteiger partial charge >= 0.3 is 0 Å². The Morgan fingerprint density at radius 1 is 0.968 bits per heavy atom. The van der Waals surface area contributed by atoms with Crippen LogP contribution in [0, 0.1) is 0 Å². The standard InChI is InChI=1S/C26H23N3O2/c1-31-22-13-12-20-16-21-14-15-29(25(21)27-23(20)17-22)28-26(30)24(18-8-4-2-5-9-18)19-10-6-3-7-11-19/h2-13,16-17,24H,14-15H2,1H3,(H,28,30). The summed E-state index contributed by atoms with van der Waals surface area (Å²) in [4.78, 5) is 18.3. The fourth-order valence-corrected chi connectivity index (χ4v) is 4.16. The van der Waals surface area contributed by atoms with Crippen molar-refractivity contribution in [2.24, 2.45) is 0 Å². The molecule has 31 heavy (non-hydrogen) atoms. The smallest absolute Gasteiger partial charge is 0.250 e. The average Bonchev–Trinajstić information content (AvgIpc) is 3.20. The van der Waals surface area contributed by atoms with E-state index in [-0.39, 0.29) is 5.91 Å². The number of nitrogens with one attached hydrogen (secondary N) is 1. The normalized spacial score (nSPS) is 12.8. The lowest BCUT2D eigenvalue weighted by atomic mass is 9.91. The third-order valence-corrected chi connectivity index (χ3v) is 5.71. The monoisotopic (exact) mass is 409 g/mol. The second kappa shape index (κ2) is 8.11. The molecule has 0 spiro atoms. The number of carbonyl (C=O) groups excluding carboxylic acids is 1. The quantitative estimate of drug-likeness (QED) is 0.528. The van der Waals surface area contributed by atoms with Gasteiger partial charge in [-0.3, -0.25) is 15.2 Å². The van der Waals surface area contributed by atoms with Gasteiger partial charge in [0, 0.05) is 18.0 Å². The van der Waals surface area contributed by atoms with E-state index >= 15 is 0 Å². The van der Waals surface area contributed by atoms with Gasteiger partial charge in [0.05, 0.1) is 18.5 Å². The van der Waals surface area contributed by atoms with Crippen molar-refractivity contribution in [3.63, 3.8) is 0 Å². The maximum absolute atomic E-state index is 13.5. The number of carbonyl (C=O) groups is 1. The van der Waals surface area contributed by atoms with Crippen LogP contribution < -0.4 is 15.2 Å². The number of hydrogen-bond acceptors (Lipinski definition) is 4. The summed E-state index contributed by atoms with van der Waals surface area (Å²) in [5, 5.41) is 2.94. The zero-order valence-electron chi connectivity index (χ0n) is 17.3. The van der Waals surface area contributed by atoms with Crippen molar-refractivity contribution in [2.45, 2.75) is 12.3 Å². The maximum atomic E-state index is 13.5. The Bertz CT molecular complexity index is 1190. The van der Waals surface area contributed by atoms with Gasteiger partial charge in [-0.05, 0) is 41.3 Å². The van der Waals surface area contributed by atoms with E-state index in [1.165, 1.54) is 0 Å². The number of rotatable bonds is 5. The first kappa shape index (κ1) is 19.1. The Labute approximate surface area is 181 Å². The van der Waals surface area contributed by atoms with Crippen molar-refractivity contribution >= 4 is 22.6 Å². The molecule has 5 heteroatoms. The van der Waals surface area contributed by atoms with E-state index in [1.807, 2.05) is 83.9 Å². The number of fused-ring (bicyclic) bond motifs is 2. The van der Waals surface area contributed by atoms with Crippen LogP contribution in [0.3, 0.4) is 0 Å². The first-order chi connectivity index (χ1) is 15.2. The number of hydrogen-bond donors (Lipinski definition) is 1. The van der Waals surface area contributed by atoms with Gasteiger partial charge in [-0.1, -0.05) is 60.7 Å². The van der Waals surface area contributed by atoms with Gasteiger partial charge in [0.25, 0.3) is 5.91 Å². The summed E-state index contributed by atoms with van der Waals surface area (Å²) in [7, 11) is 1.65. The van der Waals surface area contributed by atoms with Crippen LogP contribution in [0.25, 0.3) is 10.9 Å². The third kappa shape index (κ3) is 3.70. The van der Waals surface area contributed by atoms with Crippen LogP contribution in [0.2, 0.25) is 0 Å². The minimum absolute atomic E-state index is 0.0715. The van der Waals surface area contributed by atoms with E-state index in [2.05, 4.69) is 11.5 Å². The van der Waals surface area contributed by atoms with Crippen molar-refractivity contribution in [2.75, 3.05) is 18.7 Å². The summed E-state index contributed by atoms with van der Waals surface area (Å²) in [6, 6.07) is 27.8. The molecule has 154 valence electrons. The largest absolute Gasteiger partial charge is 0.497 e. The van der Waals surface area contributed by atoms with Crippen molar-refractivity contribution in [1.82, 2.24) is 10.4 Å². The lowest BCUT2D eigenvalue weighted by Gasteiger charge is -2.24. The topological polar surface area (TPSA) is 54.5 Å². The van der Waals surface area contributed by atoms with Gasteiger partial charge in [-0.25, -0.2) is 4.98 Å². The predicted octanol–water partition coefficient (Wildman–Crippen LogP) is 4.47. The second-order valence-corrected chi connectivity index (χ2v) is 7.66. The molecule has 0 radical (unpaired) electrons. The molecule has 1 aliphatic heterocycles. The molecule has 0 atom stereocenters. The highest BCUT2D eigenvalue weighted by Crippen LogP contribution is 2.31. The Balaban J connectivity index is 1.47. The summed E-state index contributed by atoms with van der Waals surface area (Å²) in [5.41, 5.74) is 7.03. The molecule has 1 aromatic heterocycles. The van der Waals surface area contributed by atoms with Crippen LogP contribution in [0.15, 0.2) is 84.9 Å². The minimum Gasteiger partial charge on any atom is -0.497 e. The average molecular weight is 409 g/mol. The van der Waals surface area contributed by atoms with Crippen molar-refractivity contribution < 1.29 is 9.53 Å². The molecule has 5 rings (SSSR count). The van der Waals surface area contributed by atoms with E-state index in [4.69, 9.17) is 9.72 Å². The number of aromatic nitrogens is 1. The van der Waals surface area contributed by atoms with Gasteiger partial charge < -0.3 is 4.74 Å². The van der Waals surface area contributed by atoms with Crippen LogP contribution in [-0.2, 0) is 11.2 Å². The Hall–Kier alpha value is -3.86. The number of hydrazine groups is 1. The van der Waals surface area contributed by atoms with Crippen LogP contribution >= 0.6 is 0 Å². The molecule has 0 saturated heterocycles. The number of amides is 1. The second-order valence-electron chi connectivity index (χ2n) is 7.66. The Morgan fingerprint density at radius 2 is 1.65 bits per heavy atom. The predicted molar refractivity (Wildman–Crippen MR) is 122 cm³/mol. The number of methoxy groups -OCH3 is 1. The molecule has 4 aromatic rings. The lowest BCUT2D eigenvalue weighted by Crippen LogP contribution is -2.44. The number of pyridine rings is 1. The van der Waals surface area contributed by atoms with Crippen molar-refractivity contribution in [3.05, 3.63) is 102 Å². The van der Waals surface area contributed by atoms with E-state index in [9.17, 15) is 4.79 Å². The van der Waals surface area contributed by atoms with Gasteiger partial charge in [-0.2, -0.15) is 0 Å². The van der Waals surface area contributed by atoms with E-state index in [0.717, 1.165) is 45.6 Å². The number of benzene rings is 3. The molecule has 1 aliphatic rings. The van der Waals surface area contributed by atoms with E-state index in [0.29, 0.717) is 6.54 Å². The summed E-state index contributed by atoms with van der Waals surface area (Å²) in [5.74, 6) is 1.10. The molecule has 1 amide bonds. The Kier molecular flexibility index (Phi) is 5.00. The highest BCUT2D eigenvalue weighted by Gasteiger charge is 2.28. The first-order valence-corrected chi connectivity index (χ1v) is 10.4. The van der Waals surface area contributed by atoms with Crippen LogP contribution in [0.4, 0.5) is 5.82 Å².